The first-order valence-electron chi connectivity index (χ1n) is 6.57. The van der Waals surface area contributed by atoms with E-state index < -0.39 is 0 Å². The van der Waals surface area contributed by atoms with Crippen molar-refractivity contribution in [2.24, 2.45) is 7.05 Å². The molecule has 0 bridgehead atoms. The van der Waals surface area contributed by atoms with Crippen molar-refractivity contribution in [2.75, 3.05) is 19.7 Å². The number of rotatable bonds is 3. The first-order chi connectivity index (χ1) is 8.76. The topological polar surface area (TPSA) is 61.2 Å². The summed E-state index contributed by atoms with van der Waals surface area (Å²) >= 11 is 0. The van der Waals surface area contributed by atoms with Crippen molar-refractivity contribution >= 4 is 0 Å². The molecular formula is C12H20N4O2. The van der Waals surface area contributed by atoms with Gasteiger partial charge in [0, 0.05) is 13.5 Å². The molecule has 100 valence electrons. The predicted octanol–water partition coefficient (Wildman–Crippen LogP) is 0.243. The van der Waals surface area contributed by atoms with Gasteiger partial charge in [-0.1, -0.05) is 5.21 Å². The van der Waals surface area contributed by atoms with E-state index in [1.807, 2.05) is 13.2 Å². The Bertz CT molecular complexity index is 401. The second kappa shape index (κ2) is 4.95. The van der Waals surface area contributed by atoms with Crippen LogP contribution in [0.5, 0.6) is 0 Å². The zero-order valence-corrected chi connectivity index (χ0v) is 10.8. The van der Waals surface area contributed by atoms with E-state index in [4.69, 9.17) is 9.47 Å². The van der Waals surface area contributed by atoms with Crippen LogP contribution in [0.4, 0.5) is 0 Å². The lowest BCUT2D eigenvalue weighted by molar-refractivity contribution is -0.0242. The molecule has 1 aromatic heterocycles. The minimum absolute atomic E-state index is 0.0677. The molecule has 2 saturated heterocycles. The van der Waals surface area contributed by atoms with E-state index in [2.05, 4.69) is 15.6 Å². The summed E-state index contributed by atoms with van der Waals surface area (Å²) in [7, 11) is 1.86. The standard InChI is InChI=1S/C12H20N4O2/c1-16-7-10(14-15-16)8-17-11-6-12(18-9-11)2-4-13-5-3-12/h7,11,13H,2-6,8-9H2,1H3. The van der Waals surface area contributed by atoms with Crippen LogP contribution in [-0.2, 0) is 23.1 Å². The Hall–Kier alpha value is -0.980. The summed E-state index contributed by atoms with van der Waals surface area (Å²) in [6.45, 7) is 3.34. The number of aromatic nitrogens is 3. The Morgan fingerprint density at radius 3 is 3.11 bits per heavy atom. The van der Waals surface area contributed by atoms with Crippen LogP contribution in [-0.4, -0.2) is 46.4 Å². The van der Waals surface area contributed by atoms with Crippen LogP contribution in [0.3, 0.4) is 0 Å². The summed E-state index contributed by atoms with van der Waals surface area (Å²) in [6, 6.07) is 0. The minimum Gasteiger partial charge on any atom is -0.372 e. The number of aryl methyl sites for hydroxylation is 1. The van der Waals surface area contributed by atoms with Gasteiger partial charge in [-0.3, -0.25) is 4.68 Å². The molecule has 1 atom stereocenters. The van der Waals surface area contributed by atoms with E-state index in [1.165, 1.54) is 0 Å². The summed E-state index contributed by atoms with van der Waals surface area (Å²) in [6.07, 6.45) is 5.28. The molecule has 0 aliphatic carbocycles. The average molecular weight is 252 g/mol. The van der Waals surface area contributed by atoms with Crippen molar-refractivity contribution < 1.29 is 9.47 Å². The van der Waals surface area contributed by atoms with Crippen LogP contribution in [0, 0.1) is 0 Å². The summed E-state index contributed by atoms with van der Waals surface area (Å²) in [4.78, 5) is 0. The van der Waals surface area contributed by atoms with Gasteiger partial charge in [0.05, 0.1) is 31.1 Å². The second-order valence-electron chi connectivity index (χ2n) is 5.26. The highest BCUT2D eigenvalue weighted by Crippen LogP contribution is 2.35. The molecule has 3 heterocycles. The number of hydrogen-bond donors (Lipinski definition) is 1. The van der Waals surface area contributed by atoms with Crippen molar-refractivity contribution in [1.82, 2.24) is 20.3 Å². The van der Waals surface area contributed by atoms with Crippen molar-refractivity contribution in [2.45, 2.75) is 37.6 Å². The third-order valence-corrected chi connectivity index (χ3v) is 3.81. The summed E-state index contributed by atoms with van der Waals surface area (Å²) in [5.41, 5.74) is 0.946. The highest BCUT2D eigenvalue weighted by Gasteiger charge is 2.41. The van der Waals surface area contributed by atoms with Gasteiger partial charge >= 0.3 is 0 Å². The fraction of sp³-hybridized carbons (Fsp3) is 0.833. The summed E-state index contributed by atoms with van der Waals surface area (Å²) in [5, 5.41) is 11.3. The molecule has 1 aromatic rings. The zero-order valence-electron chi connectivity index (χ0n) is 10.8. The molecule has 0 radical (unpaired) electrons. The van der Waals surface area contributed by atoms with Crippen LogP contribution in [0.1, 0.15) is 25.0 Å². The van der Waals surface area contributed by atoms with Gasteiger partial charge in [-0.15, -0.1) is 5.10 Å². The molecule has 2 aliphatic heterocycles. The van der Waals surface area contributed by atoms with Gasteiger partial charge in [0.25, 0.3) is 0 Å². The van der Waals surface area contributed by atoms with Crippen LogP contribution in [0.2, 0.25) is 0 Å². The highest BCUT2D eigenvalue weighted by atomic mass is 16.6. The molecule has 3 rings (SSSR count). The smallest absolute Gasteiger partial charge is 0.108 e. The molecule has 1 spiro atoms. The number of nitrogens with zero attached hydrogens (tertiary/aromatic N) is 3. The normalized spacial score (nSPS) is 26.8. The minimum atomic E-state index is 0.0677. The molecule has 2 fully saturated rings. The van der Waals surface area contributed by atoms with Gasteiger partial charge in [0.15, 0.2) is 0 Å². The third kappa shape index (κ3) is 2.55. The van der Waals surface area contributed by atoms with Crippen LogP contribution in [0.15, 0.2) is 6.20 Å². The fourth-order valence-electron chi connectivity index (χ4n) is 2.81. The van der Waals surface area contributed by atoms with Gasteiger partial charge in [0.2, 0.25) is 0 Å². The molecule has 2 aliphatic rings. The zero-order chi connectivity index (χ0) is 12.4. The van der Waals surface area contributed by atoms with Crippen molar-refractivity contribution in [3.8, 4) is 0 Å². The maximum Gasteiger partial charge on any atom is 0.108 e. The SMILES string of the molecule is Cn1cc(COC2COC3(CCNCC3)C2)nn1. The number of hydrogen-bond acceptors (Lipinski definition) is 5. The quantitative estimate of drug-likeness (QED) is 0.835. The first-order valence-corrected chi connectivity index (χ1v) is 6.57. The fourth-order valence-corrected chi connectivity index (χ4v) is 2.81. The highest BCUT2D eigenvalue weighted by molar-refractivity contribution is 4.94. The lowest BCUT2D eigenvalue weighted by atomic mass is 9.89. The predicted molar refractivity (Wildman–Crippen MR) is 65.0 cm³/mol. The molecule has 1 unspecified atom stereocenters. The lowest BCUT2D eigenvalue weighted by Crippen LogP contribution is -2.41. The lowest BCUT2D eigenvalue weighted by Gasteiger charge is -2.32. The Morgan fingerprint density at radius 2 is 2.39 bits per heavy atom. The van der Waals surface area contributed by atoms with E-state index in [-0.39, 0.29) is 11.7 Å². The number of nitrogens with one attached hydrogen (secondary N) is 1. The van der Waals surface area contributed by atoms with Gasteiger partial charge in [-0.05, 0) is 25.9 Å². The van der Waals surface area contributed by atoms with E-state index in [0.717, 1.165) is 38.0 Å². The van der Waals surface area contributed by atoms with Crippen molar-refractivity contribution in [3.05, 3.63) is 11.9 Å². The Labute approximate surface area is 107 Å². The van der Waals surface area contributed by atoms with Gasteiger partial charge in [-0.25, -0.2) is 0 Å². The third-order valence-electron chi connectivity index (χ3n) is 3.81. The average Bonchev–Trinajstić information content (AvgIpc) is 2.96. The second-order valence-corrected chi connectivity index (χ2v) is 5.26. The first kappa shape index (κ1) is 12.1. The summed E-state index contributed by atoms with van der Waals surface area (Å²) < 4.78 is 13.5. The van der Waals surface area contributed by atoms with E-state index >= 15 is 0 Å². The van der Waals surface area contributed by atoms with Crippen molar-refractivity contribution in [3.63, 3.8) is 0 Å². The van der Waals surface area contributed by atoms with Crippen molar-refractivity contribution in [1.29, 1.82) is 0 Å². The van der Waals surface area contributed by atoms with E-state index in [9.17, 15) is 0 Å². The van der Waals surface area contributed by atoms with Gasteiger partial charge in [-0.2, -0.15) is 0 Å². The Balaban J connectivity index is 1.50. The molecule has 6 nitrogen and oxygen atoms in total. The Morgan fingerprint density at radius 1 is 1.56 bits per heavy atom. The number of piperidine rings is 1. The Kier molecular flexibility index (Phi) is 3.32. The van der Waals surface area contributed by atoms with E-state index in [1.54, 1.807) is 4.68 Å². The molecule has 0 amide bonds. The maximum atomic E-state index is 5.98. The monoisotopic (exact) mass is 252 g/mol. The van der Waals surface area contributed by atoms with Crippen LogP contribution in [0.25, 0.3) is 0 Å². The van der Waals surface area contributed by atoms with Crippen LogP contribution >= 0.6 is 0 Å². The van der Waals surface area contributed by atoms with Gasteiger partial charge in [0.1, 0.15) is 5.69 Å². The molecule has 0 aromatic carbocycles. The van der Waals surface area contributed by atoms with Gasteiger partial charge < -0.3 is 14.8 Å². The maximum absolute atomic E-state index is 5.98. The molecule has 18 heavy (non-hydrogen) atoms. The number of ether oxygens (including phenoxy) is 2. The molecule has 1 N–H and O–H groups in total. The summed E-state index contributed by atoms with van der Waals surface area (Å²) in [5.74, 6) is 0. The van der Waals surface area contributed by atoms with E-state index in [0.29, 0.717) is 13.2 Å². The molecular weight excluding hydrogens is 232 g/mol. The largest absolute Gasteiger partial charge is 0.372 e. The molecule has 6 heteroatoms. The van der Waals surface area contributed by atoms with Crippen LogP contribution < -0.4 is 5.32 Å². The molecule has 0 saturated carbocycles.